The number of piperidine rings is 1. The van der Waals surface area contributed by atoms with Crippen molar-refractivity contribution in [3.8, 4) is 0 Å². The Morgan fingerprint density at radius 1 is 0.900 bits per heavy atom. The van der Waals surface area contributed by atoms with Gasteiger partial charge in [-0.2, -0.15) is 0 Å². The Hall–Kier alpha value is -0.0800. The molecule has 0 aromatic heterocycles. The van der Waals surface area contributed by atoms with Gasteiger partial charge in [-0.25, -0.2) is 0 Å². The summed E-state index contributed by atoms with van der Waals surface area (Å²) >= 11 is 0. The quantitative estimate of drug-likeness (QED) is 0.841. The minimum Gasteiger partial charge on any atom is -0.312 e. The molecule has 3 rings (SSSR count). The van der Waals surface area contributed by atoms with Crippen molar-refractivity contribution in [2.24, 2.45) is 11.8 Å². The van der Waals surface area contributed by atoms with E-state index in [1.807, 2.05) is 0 Å². The number of likely N-dealkylation sites (tertiary alicyclic amines) is 1. The van der Waals surface area contributed by atoms with E-state index < -0.39 is 0 Å². The van der Waals surface area contributed by atoms with E-state index in [2.05, 4.69) is 17.1 Å². The second-order valence-electron chi connectivity index (χ2n) is 7.84. The van der Waals surface area contributed by atoms with Crippen LogP contribution < -0.4 is 5.32 Å². The van der Waals surface area contributed by atoms with E-state index in [9.17, 15) is 0 Å². The average Bonchev–Trinajstić information content (AvgIpc) is 2.99. The molecule has 2 heteroatoms. The van der Waals surface area contributed by atoms with Gasteiger partial charge in [-0.3, -0.25) is 4.90 Å². The van der Waals surface area contributed by atoms with E-state index in [0.29, 0.717) is 0 Å². The standard InChI is InChI=1S/C18H34N2/c1-15-11-17(19-12-16-7-5-6-8-16)14-20(13-15)18-9-3-2-4-10-18/h15-19H,2-14H2,1H3. The third-order valence-corrected chi connectivity index (χ3v) is 5.95. The zero-order chi connectivity index (χ0) is 13.8. The molecule has 3 aliphatic rings. The molecule has 2 unspecified atom stereocenters. The van der Waals surface area contributed by atoms with Crippen molar-refractivity contribution in [2.75, 3.05) is 19.6 Å². The molecule has 2 aliphatic carbocycles. The Labute approximate surface area is 125 Å². The van der Waals surface area contributed by atoms with Gasteiger partial charge in [-0.05, 0) is 50.5 Å². The molecule has 1 saturated heterocycles. The van der Waals surface area contributed by atoms with Crippen LogP contribution in [-0.2, 0) is 0 Å². The maximum Gasteiger partial charge on any atom is 0.0198 e. The molecule has 0 aromatic carbocycles. The van der Waals surface area contributed by atoms with Crippen LogP contribution in [0.1, 0.15) is 71.1 Å². The van der Waals surface area contributed by atoms with Crippen LogP contribution in [0.3, 0.4) is 0 Å². The molecule has 20 heavy (non-hydrogen) atoms. The lowest BCUT2D eigenvalue weighted by molar-refractivity contribution is 0.0818. The number of nitrogens with zero attached hydrogens (tertiary/aromatic N) is 1. The van der Waals surface area contributed by atoms with Crippen LogP contribution in [0.5, 0.6) is 0 Å². The molecule has 116 valence electrons. The third kappa shape index (κ3) is 3.98. The van der Waals surface area contributed by atoms with Gasteiger partial charge in [0.15, 0.2) is 0 Å². The predicted octanol–water partition coefficient (Wildman–Crippen LogP) is 3.81. The highest BCUT2D eigenvalue weighted by Crippen LogP contribution is 2.28. The second-order valence-corrected chi connectivity index (χ2v) is 7.84. The summed E-state index contributed by atoms with van der Waals surface area (Å²) in [6.07, 6.45) is 14.6. The molecule has 1 N–H and O–H groups in total. The summed E-state index contributed by atoms with van der Waals surface area (Å²) < 4.78 is 0. The van der Waals surface area contributed by atoms with E-state index in [1.54, 1.807) is 0 Å². The molecule has 0 bridgehead atoms. The van der Waals surface area contributed by atoms with Gasteiger partial charge in [0.1, 0.15) is 0 Å². The predicted molar refractivity (Wildman–Crippen MR) is 86.0 cm³/mol. The minimum absolute atomic E-state index is 0.765. The molecule has 2 nitrogen and oxygen atoms in total. The summed E-state index contributed by atoms with van der Waals surface area (Å²) in [5, 5.41) is 3.92. The monoisotopic (exact) mass is 278 g/mol. The van der Waals surface area contributed by atoms with Crippen molar-refractivity contribution < 1.29 is 0 Å². The minimum atomic E-state index is 0.765. The van der Waals surface area contributed by atoms with Crippen LogP contribution in [0.2, 0.25) is 0 Å². The molecule has 3 fully saturated rings. The summed E-state index contributed by atoms with van der Waals surface area (Å²) in [4.78, 5) is 2.83. The van der Waals surface area contributed by atoms with Crippen LogP contribution in [0, 0.1) is 11.8 Å². The van der Waals surface area contributed by atoms with Crippen molar-refractivity contribution in [3.63, 3.8) is 0 Å². The lowest BCUT2D eigenvalue weighted by atomic mass is 9.89. The van der Waals surface area contributed by atoms with Crippen LogP contribution in [0.4, 0.5) is 0 Å². The molecular weight excluding hydrogens is 244 g/mol. The summed E-state index contributed by atoms with van der Waals surface area (Å²) in [6, 6.07) is 1.67. The Balaban J connectivity index is 1.47. The smallest absolute Gasteiger partial charge is 0.0198 e. The Morgan fingerprint density at radius 3 is 2.35 bits per heavy atom. The molecule has 2 atom stereocenters. The van der Waals surface area contributed by atoms with Gasteiger partial charge in [-0.15, -0.1) is 0 Å². The normalized spacial score (nSPS) is 34.6. The fourth-order valence-corrected chi connectivity index (χ4v) is 4.83. The van der Waals surface area contributed by atoms with Crippen molar-refractivity contribution in [1.82, 2.24) is 10.2 Å². The van der Waals surface area contributed by atoms with E-state index in [4.69, 9.17) is 0 Å². The largest absolute Gasteiger partial charge is 0.312 e. The lowest BCUT2D eigenvalue weighted by Crippen LogP contribution is -2.53. The highest BCUT2D eigenvalue weighted by Gasteiger charge is 2.30. The van der Waals surface area contributed by atoms with Gasteiger partial charge < -0.3 is 5.32 Å². The number of rotatable bonds is 4. The topological polar surface area (TPSA) is 15.3 Å². The zero-order valence-corrected chi connectivity index (χ0v) is 13.4. The summed E-state index contributed by atoms with van der Waals surface area (Å²) in [5.41, 5.74) is 0. The first kappa shape index (κ1) is 14.8. The summed E-state index contributed by atoms with van der Waals surface area (Å²) in [5.74, 6) is 1.86. The third-order valence-electron chi connectivity index (χ3n) is 5.95. The molecule has 0 amide bonds. The Morgan fingerprint density at radius 2 is 1.60 bits per heavy atom. The Bertz CT molecular complexity index is 279. The Kier molecular flexibility index (Phi) is 5.39. The fourth-order valence-electron chi connectivity index (χ4n) is 4.83. The average molecular weight is 278 g/mol. The van der Waals surface area contributed by atoms with Crippen LogP contribution >= 0.6 is 0 Å². The van der Waals surface area contributed by atoms with Gasteiger partial charge in [0.05, 0.1) is 0 Å². The highest BCUT2D eigenvalue weighted by molar-refractivity contribution is 4.87. The molecule has 1 aliphatic heterocycles. The highest BCUT2D eigenvalue weighted by atomic mass is 15.2. The van der Waals surface area contributed by atoms with Crippen LogP contribution in [0.25, 0.3) is 0 Å². The summed E-state index contributed by atoms with van der Waals surface area (Å²) in [6.45, 7) is 6.42. The molecule has 1 heterocycles. The van der Waals surface area contributed by atoms with Crippen molar-refractivity contribution in [2.45, 2.75) is 83.2 Å². The fraction of sp³-hybridized carbons (Fsp3) is 1.00. The molecule has 0 radical (unpaired) electrons. The van der Waals surface area contributed by atoms with Crippen molar-refractivity contribution >= 4 is 0 Å². The van der Waals surface area contributed by atoms with E-state index in [0.717, 1.165) is 23.9 Å². The first-order chi connectivity index (χ1) is 9.81. The zero-order valence-electron chi connectivity index (χ0n) is 13.4. The molecule has 0 aromatic rings. The van der Waals surface area contributed by atoms with Gasteiger partial charge in [0, 0.05) is 25.2 Å². The lowest BCUT2D eigenvalue weighted by Gasteiger charge is -2.43. The van der Waals surface area contributed by atoms with Gasteiger partial charge >= 0.3 is 0 Å². The van der Waals surface area contributed by atoms with Gasteiger partial charge in [-0.1, -0.05) is 39.0 Å². The van der Waals surface area contributed by atoms with Crippen molar-refractivity contribution in [3.05, 3.63) is 0 Å². The number of nitrogens with one attached hydrogen (secondary N) is 1. The summed E-state index contributed by atoms with van der Waals surface area (Å²) in [7, 11) is 0. The molecule has 0 spiro atoms. The molecular formula is C18H34N2. The maximum absolute atomic E-state index is 3.92. The SMILES string of the molecule is CC1CC(NCC2CCCC2)CN(C2CCCCC2)C1. The van der Waals surface area contributed by atoms with Gasteiger partial charge in [0.2, 0.25) is 0 Å². The second kappa shape index (κ2) is 7.26. The van der Waals surface area contributed by atoms with Crippen molar-refractivity contribution in [1.29, 1.82) is 0 Å². The van der Waals surface area contributed by atoms with E-state index in [-0.39, 0.29) is 0 Å². The van der Waals surface area contributed by atoms with Crippen LogP contribution in [-0.4, -0.2) is 36.6 Å². The van der Waals surface area contributed by atoms with E-state index in [1.165, 1.54) is 83.8 Å². The molecule has 2 saturated carbocycles. The number of hydrogen-bond donors (Lipinski definition) is 1. The first-order valence-corrected chi connectivity index (χ1v) is 9.28. The van der Waals surface area contributed by atoms with E-state index >= 15 is 0 Å². The number of hydrogen-bond acceptors (Lipinski definition) is 2. The first-order valence-electron chi connectivity index (χ1n) is 9.28. The maximum atomic E-state index is 3.92. The van der Waals surface area contributed by atoms with Crippen LogP contribution in [0.15, 0.2) is 0 Å². The van der Waals surface area contributed by atoms with Gasteiger partial charge in [0.25, 0.3) is 0 Å².